The van der Waals surface area contributed by atoms with Gasteiger partial charge in [0.2, 0.25) is 5.16 Å². The number of hydrogen-bond donors (Lipinski definition) is 0. The fourth-order valence-corrected chi connectivity index (χ4v) is 3.58. The van der Waals surface area contributed by atoms with E-state index in [1.54, 1.807) is 30.3 Å². The van der Waals surface area contributed by atoms with Crippen molar-refractivity contribution < 1.29 is 9.53 Å². The van der Waals surface area contributed by atoms with Gasteiger partial charge in [0.25, 0.3) is 5.56 Å². The fraction of sp³-hybridized carbons (Fsp3) is 0.389. The monoisotopic (exact) mass is 402 g/mol. The van der Waals surface area contributed by atoms with Crippen molar-refractivity contribution in [2.45, 2.75) is 31.5 Å². The lowest BCUT2D eigenvalue weighted by Crippen LogP contribution is -2.35. The third kappa shape index (κ3) is 3.52. The van der Waals surface area contributed by atoms with E-state index in [2.05, 4.69) is 15.5 Å². The van der Waals surface area contributed by atoms with Crippen LogP contribution >= 0.6 is 11.8 Å². The van der Waals surface area contributed by atoms with Gasteiger partial charge >= 0.3 is 0 Å². The van der Waals surface area contributed by atoms with Crippen LogP contribution in [0.2, 0.25) is 0 Å². The summed E-state index contributed by atoms with van der Waals surface area (Å²) in [5.41, 5.74) is 0.643. The van der Waals surface area contributed by atoms with E-state index in [-0.39, 0.29) is 17.1 Å². The summed E-state index contributed by atoms with van der Waals surface area (Å²) in [7, 11) is 3.29. The van der Waals surface area contributed by atoms with Gasteiger partial charge in [-0.05, 0) is 43.3 Å². The molecule has 3 aromatic rings. The molecule has 0 fully saturated rings. The summed E-state index contributed by atoms with van der Waals surface area (Å²) in [4.78, 5) is 25.5. The summed E-state index contributed by atoms with van der Waals surface area (Å²) in [5.74, 6) is 0.0287. The maximum atomic E-state index is 13.1. The number of ketones is 1. The SMILES string of the molecule is COC(C)(C)C(=O)CSc1nnnn1-c1c(C)n(C)n(-c2ccccc2)c1=O. The van der Waals surface area contributed by atoms with Crippen LogP contribution in [-0.4, -0.2) is 53.8 Å². The molecule has 0 unspecified atom stereocenters. The zero-order chi connectivity index (χ0) is 20.5. The first-order chi connectivity index (χ1) is 13.3. The standard InChI is InChI=1S/C18H22N6O3S/c1-12-15(16(26)24(22(12)4)13-9-7-6-8-10-13)23-17(19-20-21-23)28-11-14(25)18(2,3)27-5/h6-10H,11H2,1-5H3. The number of tetrazole rings is 1. The maximum absolute atomic E-state index is 13.1. The largest absolute Gasteiger partial charge is 0.371 e. The van der Waals surface area contributed by atoms with Crippen molar-refractivity contribution in [1.82, 2.24) is 29.6 Å². The minimum atomic E-state index is -0.895. The predicted octanol–water partition coefficient (Wildman–Crippen LogP) is 1.55. The molecule has 0 bridgehead atoms. The lowest BCUT2D eigenvalue weighted by molar-refractivity contribution is -0.134. The predicted molar refractivity (Wildman–Crippen MR) is 105 cm³/mol. The summed E-state index contributed by atoms with van der Waals surface area (Å²) in [5, 5.41) is 12.0. The number of benzene rings is 1. The average molecular weight is 402 g/mol. The van der Waals surface area contributed by atoms with E-state index in [4.69, 9.17) is 4.74 Å². The van der Waals surface area contributed by atoms with E-state index < -0.39 is 5.60 Å². The van der Waals surface area contributed by atoms with E-state index >= 15 is 0 Å². The topological polar surface area (TPSA) is 96.8 Å². The molecule has 2 heterocycles. The normalized spacial score (nSPS) is 11.8. The number of carbonyl (C=O) groups is 1. The zero-order valence-corrected chi connectivity index (χ0v) is 17.2. The van der Waals surface area contributed by atoms with Crippen LogP contribution in [0.5, 0.6) is 0 Å². The molecular weight excluding hydrogens is 380 g/mol. The zero-order valence-electron chi connectivity index (χ0n) is 16.4. The van der Waals surface area contributed by atoms with Gasteiger partial charge in [0.15, 0.2) is 11.5 Å². The number of hydrogen-bond acceptors (Lipinski definition) is 7. The minimum Gasteiger partial charge on any atom is -0.371 e. The molecule has 2 aromatic heterocycles. The Morgan fingerprint density at radius 2 is 1.93 bits per heavy atom. The molecule has 10 heteroatoms. The summed E-state index contributed by atoms with van der Waals surface area (Å²) in [6, 6.07) is 9.33. The average Bonchev–Trinajstić information content (AvgIpc) is 3.22. The highest BCUT2D eigenvalue weighted by atomic mass is 32.2. The van der Waals surface area contributed by atoms with E-state index in [9.17, 15) is 9.59 Å². The second-order valence-electron chi connectivity index (χ2n) is 6.71. The Bertz CT molecular complexity index is 1050. The van der Waals surface area contributed by atoms with E-state index in [0.717, 1.165) is 5.69 Å². The Balaban J connectivity index is 1.98. The first-order valence-corrected chi connectivity index (χ1v) is 9.60. The van der Waals surface area contributed by atoms with Crippen LogP contribution < -0.4 is 5.56 Å². The van der Waals surface area contributed by atoms with Gasteiger partial charge < -0.3 is 4.74 Å². The molecule has 0 aliphatic heterocycles. The highest BCUT2D eigenvalue weighted by Crippen LogP contribution is 2.22. The van der Waals surface area contributed by atoms with E-state index in [1.807, 2.05) is 37.3 Å². The summed E-state index contributed by atoms with van der Waals surface area (Å²) < 4.78 is 9.90. The van der Waals surface area contributed by atoms with Gasteiger partial charge in [-0.1, -0.05) is 30.0 Å². The van der Waals surface area contributed by atoms with Crippen LogP contribution in [0.4, 0.5) is 0 Å². The van der Waals surface area contributed by atoms with E-state index in [1.165, 1.54) is 23.6 Å². The van der Waals surface area contributed by atoms with Crippen molar-refractivity contribution in [3.8, 4) is 11.4 Å². The van der Waals surface area contributed by atoms with Crippen LogP contribution in [0.15, 0.2) is 40.3 Å². The van der Waals surface area contributed by atoms with Crippen molar-refractivity contribution in [1.29, 1.82) is 0 Å². The summed E-state index contributed by atoms with van der Waals surface area (Å²) >= 11 is 1.17. The van der Waals surface area contributed by atoms with Gasteiger partial charge in [0, 0.05) is 14.2 Å². The van der Waals surface area contributed by atoms with Crippen LogP contribution in [0, 0.1) is 6.92 Å². The highest BCUT2D eigenvalue weighted by Gasteiger charge is 2.28. The number of thioether (sulfide) groups is 1. The van der Waals surface area contributed by atoms with Gasteiger partial charge in [0.1, 0.15) is 5.60 Å². The molecule has 0 aliphatic rings. The molecule has 28 heavy (non-hydrogen) atoms. The van der Waals surface area contributed by atoms with Crippen LogP contribution in [-0.2, 0) is 16.6 Å². The van der Waals surface area contributed by atoms with Crippen LogP contribution in [0.3, 0.4) is 0 Å². The number of methoxy groups -OCH3 is 1. The summed E-state index contributed by atoms with van der Waals surface area (Å²) in [6.45, 7) is 5.24. The van der Waals surface area contributed by atoms with Gasteiger partial charge in [-0.25, -0.2) is 4.68 Å². The summed E-state index contributed by atoms with van der Waals surface area (Å²) in [6.07, 6.45) is 0. The van der Waals surface area contributed by atoms with Gasteiger partial charge in [-0.3, -0.25) is 14.3 Å². The minimum absolute atomic E-state index is 0.0963. The number of rotatable bonds is 7. The maximum Gasteiger partial charge on any atom is 0.297 e. The third-order valence-corrected chi connectivity index (χ3v) is 5.61. The number of aromatic nitrogens is 6. The van der Waals surface area contributed by atoms with Crippen LogP contribution in [0.25, 0.3) is 11.4 Å². The number of carbonyl (C=O) groups excluding carboxylic acids is 1. The lowest BCUT2D eigenvalue weighted by Gasteiger charge is -2.20. The second-order valence-corrected chi connectivity index (χ2v) is 7.65. The first-order valence-electron chi connectivity index (χ1n) is 8.62. The van der Waals surface area contributed by atoms with Crippen molar-refractivity contribution in [2.75, 3.05) is 12.9 Å². The molecule has 0 amide bonds. The van der Waals surface area contributed by atoms with Gasteiger partial charge in [-0.2, -0.15) is 4.68 Å². The van der Waals surface area contributed by atoms with Crippen molar-refractivity contribution >= 4 is 17.5 Å². The third-order valence-electron chi connectivity index (χ3n) is 4.69. The number of nitrogens with zero attached hydrogens (tertiary/aromatic N) is 6. The molecule has 3 rings (SSSR count). The molecule has 148 valence electrons. The fourth-order valence-electron chi connectivity index (χ4n) is 2.63. The quantitative estimate of drug-likeness (QED) is 0.553. The van der Waals surface area contributed by atoms with E-state index in [0.29, 0.717) is 16.5 Å². The molecule has 1 aromatic carbocycles. The molecule has 0 radical (unpaired) electrons. The number of para-hydroxylation sites is 1. The molecule has 0 aliphatic carbocycles. The Morgan fingerprint density at radius 1 is 1.25 bits per heavy atom. The molecule has 0 saturated carbocycles. The Morgan fingerprint density at radius 3 is 2.57 bits per heavy atom. The second kappa shape index (κ2) is 7.72. The first kappa shape index (κ1) is 20.0. The molecular formula is C18H22N6O3S. The highest BCUT2D eigenvalue weighted by molar-refractivity contribution is 7.99. The van der Waals surface area contributed by atoms with Crippen LogP contribution in [0.1, 0.15) is 19.5 Å². The Kier molecular flexibility index (Phi) is 5.52. The molecule has 9 nitrogen and oxygen atoms in total. The van der Waals surface area contributed by atoms with Crippen molar-refractivity contribution in [3.05, 3.63) is 46.4 Å². The number of Topliss-reactive ketones (excluding diaryl/α,β-unsaturated/α-hetero) is 1. The molecule has 0 saturated heterocycles. The molecule has 0 atom stereocenters. The van der Waals surface area contributed by atoms with Crippen molar-refractivity contribution in [3.63, 3.8) is 0 Å². The van der Waals surface area contributed by atoms with Crippen molar-refractivity contribution in [2.24, 2.45) is 7.05 Å². The molecule has 0 N–H and O–H groups in total. The Hall–Kier alpha value is -2.72. The van der Waals surface area contributed by atoms with Gasteiger partial charge in [0.05, 0.1) is 17.1 Å². The van der Waals surface area contributed by atoms with Gasteiger partial charge in [-0.15, -0.1) is 5.10 Å². The Labute approximate surface area is 166 Å². The number of ether oxygens (including phenoxy) is 1. The molecule has 0 spiro atoms. The lowest BCUT2D eigenvalue weighted by atomic mass is 10.1. The smallest absolute Gasteiger partial charge is 0.297 e.